The number of halogens is 1. The Labute approximate surface area is 129 Å². The molecule has 110 valence electrons. The first-order valence-electron chi connectivity index (χ1n) is 5.89. The Balaban J connectivity index is 2.18. The van der Waals surface area contributed by atoms with Crippen molar-refractivity contribution in [2.24, 2.45) is 0 Å². The van der Waals surface area contributed by atoms with Gasteiger partial charge in [0.1, 0.15) is 6.33 Å². The number of nitrogens with zero attached hydrogens (tertiary/aromatic N) is 3. The van der Waals surface area contributed by atoms with Crippen LogP contribution in [0.3, 0.4) is 0 Å². The molecule has 0 aliphatic rings. The van der Waals surface area contributed by atoms with Crippen LogP contribution in [0.15, 0.2) is 29.0 Å². The minimum Gasteiger partial charge on any atom is -0.465 e. The van der Waals surface area contributed by atoms with Crippen molar-refractivity contribution in [3.8, 4) is 0 Å². The minimum atomic E-state index is -0.589. The first-order chi connectivity index (χ1) is 10.0. The van der Waals surface area contributed by atoms with Gasteiger partial charge in [-0.1, -0.05) is 22.0 Å². The van der Waals surface area contributed by atoms with Gasteiger partial charge in [0.05, 0.1) is 26.3 Å². The number of rotatable bonds is 4. The van der Waals surface area contributed by atoms with E-state index in [4.69, 9.17) is 0 Å². The van der Waals surface area contributed by atoms with E-state index in [1.54, 1.807) is 18.2 Å². The molecule has 1 aromatic heterocycles. The smallest absolute Gasteiger partial charge is 0.377 e. The number of ether oxygens (including phenoxy) is 2. The molecule has 0 bridgehead atoms. The highest BCUT2D eigenvalue weighted by Gasteiger charge is 2.13. The van der Waals surface area contributed by atoms with Crippen LogP contribution in [0, 0.1) is 0 Å². The number of esters is 2. The standard InChI is InChI=1S/C13H12BrN3O4/c1-20-12(18)8-3-4-9(10(14)5-8)6-17-7-15-11(16-17)13(19)21-2/h3-5,7H,6H2,1-2H3. The average Bonchev–Trinajstić information content (AvgIpc) is 2.96. The molecular formula is C13H12BrN3O4. The molecule has 1 heterocycles. The van der Waals surface area contributed by atoms with Crippen LogP contribution >= 0.6 is 15.9 Å². The fourth-order valence-corrected chi connectivity index (χ4v) is 2.15. The lowest BCUT2D eigenvalue weighted by Crippen LogP contribution is -2.07. The van der Waals surface area contributed by atoms with Crippen LogP contribution in [0.4, 0.5) is 0 Å². The number of carbonyl (C=O) groups is 2. The Bertz CT molecular complexity index is 684. The lowest BCUT2D eigenvalue weighted by atomic mass is 10.1. The average molecular weight is 354 g/mol. The fraction of sp³-hybridized carbons (Fsp3) is 0.231. The Kier molecular flexibility index (Phi) is 4.69. The summed E-state index contributed by atoms with van der Waals surface area (Å²) in [5.41, 5.74) is 1.32. The molecule has 0 radical (unpaired) electrons. The Morgan fingerprint density at radius 1 is 1.24 bits per heavy atom. The number of aromatic nitrogens is 3. The summed E-state index contributed by atoms with van der Waals surface area (Å²) in [5.74, 6) is -0.996. The van der Waals surface area contributed by atoms with Crippen LogP contribution in [0.5, 0.6) is 0 Å². The molecule has 2 rings (SSSR count). The van der Waals surface area contributed by atoms with Crippen molar-refractivity contribution in [2.45, 2.75) is 6.54 Å². The molecule has 0 atom stereocenters. The van der Waals surface area contributed by atoms with Crippen LogP contribution in [0.25, 0.3) is 0 Å². The third kappa shape index (κ3) is 3.46. The van der Waals surface area contributed by atoms with Crippen LogP contribution < -0.4 is 0 Å². The summed E-state index contributed by atoms with van der Waals surface area (Å²) in [7, 11) is 2.60. The lowest BCUT2D eigenvalue weighted by Gasteiger charge is -2.06. The molecule has 1 aromatic carbocycles. The summed E-state index contributed by atoms with van der Waals surface area (Å²) >= 11 is 3.39. The van der Waals surface area contributed by atoms with Crippen molar-refractivity contribution in [3.63, 3.8) is 0 Å². The summed E-state index contributed by atoms with van der Waals surface area (Å²) in [6.07, 6.45) is 1.44. The summed E-state index contributed by atoms with van der Waals surface area (Å²) in [5, 5.41) is 4.01. The van der Waals surface area contributed by atoms with Crippen molar-refractivity contribution in [3.05, 3.63) is 46.0 Å². The maximum absolute atomic E-state index is 11.4. The molecule has 0 aliphatic heterocycles. The summed E-state index contributed by atoms with van der Waals surface area (Å²) < 4.78 is 11.4. The van der Waals surface area contributed by atoms with Gasteiger partial charge in [-0.2, -0.15) is 0 Å². The number of carbonyl (C=O) groups excluding carboxylic acids is 2. The maximum Gasteiger partial charge on any atom is 0.377 e. The molecule has 2 aromatic rings. The summed E-state index contributed by atoms with van der Waals surface area (Å²) in [4.78, 5) is 26.6. The van der Waals surface area contributed by atoms with Gasteiger partial charge >= 0.3 is 11.9 Å². The third-order valence-electron chi connectivity index (χ3n) is 2.71. The Morgan fingerprint density at radius 3 is 2.57 bits per heavy atom. The molecule has 8 heteroatoms. The zero-order valence-electron chi connectivity index (χ0n) is 11.4. The van der Waals surface area contributed by atoms with Crippen molar-refractivity contribution in [1.29, 1.82) is 0 Å². The molecule has 0 saturated carbocycles. The second-order valence-corrected chi connectivity index (χ2v) is 4.91. The largest absolute Gasteiger partial charge is 0.465 e. The molecule has 0 amide bonds. The molecule has 0 fully saturated rings. The van der Waals surface area contributed by atoms with E-state index in [0.29, 0.717) is 12.1 Å². The molecule has 0 N–H and O–H groups in total. The van der Waals surface area contributed by atoms with E-state index in [9.17, 15) is 9.59 Å². The first kappa shape index (κ1) is 15.2. The van der Waals surface area contributed by atoms with Crippen molar-refractivity contribution in [1.82, 2.24) is 14.8 Å². The first-order valence-corrected chi connectivity index (χ1v) is 6.69. The minimum absolute atomic E-state index is 0.000182. The highest BCUT2D eigenvalue weighted by Crippen LogP contribution is 2.20. The number of hydrogen-bond donors (Lipinski definition) is 0. The van der Waals surface area contributed by atoms with E-state index in [1.165, 1.54) is 25.2 Å². The summed E-state index contributed by atoms with van der Waals surface area (Å²) in [6, 6.07) is 5.10. The van der Waals surface area contributed by atoms with Crippen molar-refractivity contribution >= 4 is 27.9 Å². The van der Waals surface area contributed by atoms with Gasteiger partial charge in [0, 0.05) is 4.47 Å². The molecular weight excluding hydrogens is 342 g/mol. The van der Waals surface area contributed by atoms with Crippen molar-refractivity contribution in [2.75, 3.05) is 14.2 Å². The molecule has 21 heavy (non-hydrogen) atoms. The molecule has 0 saturated heterocycles. The van der Waals surface area contributed by atoms with E-state index in [-0.39, 0.29) is 5.82 Å². The second-order valence-electron chi connectivity index (χ2n) is 4.06. The van der Waals surface area contributed by atoms with E-state index >= 15 is 0 Å². The summed E-state index contributed by atoms with van der Waals surface area (Å²) in [6.45, 7) is 0.395. The zero-order valence-corrected chi connectivity index (χ0v) is 13.0. The van der Waals surface area contributed by atoms with E-state index in [2.05, 4.69) is 35.5 Å². The van der Waals surface area contributed by atoms with E-state index < -0.39 is 11.9 Å². The normalized spacial score (nSPS) is 10.2. The fourth-order valence-electron chi connectivity index (χ4n) is 1.65. The molecule has 0 spiro atoms. The van der Waals surface area contributed by atoms with Crippen LogP contribution in [0.2, 0.25) is 0 Å². The van der Waals surface area contributed by atoms with Gasteiger partial charge in [-0.05, 0) is 17.7 Å². The van der Waals surface area contributed by atoms with Gasteiger partial charge in [-0.15, -0.1) is 5.10 Å². The van der Waals surface area contributed by atoms with Crippen molar-refractivity contribution < 1.29 is 19.1 Å². The quantitative estimate of drug-likeness (QED) is 0.777. The predicted octanol–water partition coefficient (Wildman–Crippen LogP) is 1.66. The lowest BCUT2D eigenvalue weighted by molar-refractivity contribution is 0.0582. The maximum atomic E-state index is 11.4. The highest BCUT2D eigenvalue weighted by atomic mass is 79.9. The van der Waals surface area contributed by atoms with Crippen LogP contribution in [0.1, 0.15) is 26.5 Å². The number of methoxy groups -OCH3 is 2. The Morgan fingerprint density at radius 2 is 1.95 bits per heavy atom. The predicted molar refractivity (Wildman–Crippen MR) is 75.9 cm³/mol. The van der Waals surface area contributed by atoms with E-state index in [1.807, 2.05) is 0 Å². The van der Waals surface area contributed by atoms with Gasteiger partial charge in [-0.25, -0.2) is 19.3 Å². The van der Waals surface area contributed by atoms with E-state index in [0.717, 1.165) is 10.0 Å². The van der Waals surface area contributed by atoms with Crippen LogP contribution in [-0.2, 0) is 16.0 Å². The second kappa shape index (κ2) is 6.49. The molecule has 0 aliphatic carbocycles. The van der Waals surface area contributed by atoms with Gasteiger partial charge < -0.3 is 9.47 Å². The number of benzene rings is 1. The monoisotopic (exact) mass is 353 g/mol. The van der Waals surface area contributed by atoms with Gasteiger partial charge in [0.2, 0.25) is 0 Å². The molecule has 0 unspecified atom stereocenters. The Hall–Kier alpha value is -2.22. The SMILES string of the molecule is COC(=O)c1ccc(Cn2cnc(C(=O)OC)n2)c(Br)c1. The van der Waals surface area contributed by atoms with Gasteiger partial charge in [0.15, 0.2) is 0 Å². The highest BCUT2D eigenvalue weighted by molar-refractivity contribution is 9.10. The third-order valence-corrected chi connectivity index (χ3v) is 3.45. The zero-order chi connectivity index (χ0) is 15.4. The molecule has 7 nitrogen and oxygen atoms in total. The van der Waals surface area contributed by atoms with Crippen LogP contribution in [-0.4, -0.2) is 40.9 Å². The topological polar surface area (TPSA) is 83.3 Å². The van der Waals surface area contributed by atoms with Gasteiger partial charge in [-0.3, -0.25) is 0 Å². The van der Waals surface area contributed by atoms with Gasteiger partial charge in [0.25, 0.3) is 5.82 Å². The number of hydrogen-bond acceptors (Lipinski definition) is 6.